The number of nitrogens with two attached hydrogens (primary N) is 2. The molecule has 0 aliphatic carbocycles. The lowest BCUT2D eigenvalue weighted by molar-refractivity contribution is 0.838. The van der Waals surface area contributed by atoms with Gasteiger partial charge in [0.1, 0.15) is 11.6 Å². The fourth-order valence-electron chi connectivity index (χ4n) is 1.37. The lowest BCUT2D eigenvalue weighted by atomic mass is 10.3. The van der Waals surface area contributed by atoms with E-state index >= 15 is 0 Å². The maximum atomic E-state index is 5.71. The Morgan fingerprint density at radius 2 is 1.71 bits per heavy atom. The van der Waals surface area contributed by atoms with Crippen molar-refractivity contribution in [1.82, 2.24) is 9.97 Å². The van der Waals surface area contributed by atoms with Crippen molar-refractivity contribution in [2.24, 2.45) is 0 Å². The zero-order chi connectivity index (χ0) is 10.7. The average Bonchev–Trinajstić information content (AvgIpc) is 2.15. The van der Waals surface area contributed by atoms with E-state index in [0.717, 1.165) is 24.5 Å². The molecule has 0 saturated carbocycles. The smallest absolute Gasteiger partial charge is 0.223 e. The van der Waals surface area contributed by atoms with Crippen LogP contribution in [0.15, 0.2) is 0 Å². The molecule has 1 aromatic heterocycles. The van der Waals surface area contributed by atoms with Crippen LogP contribution in [0.5, 0.6) is 0 Å². The topological polar surface area (TPSA) is 81.1 Å². The van der Waals surface area contributed by atoms with Crippen LogP contribution in [0.4, 0.5) is 17.6 Å². The van der Waals surface area contributed by atoms with Crippen LogP contribution in [0, 0.1) is 6.92 Å². The van der Waals surface area contributed by atoms with Gasteiger partial charge in [-0.2, -0.15) is 9.97 Å². The molecule has 0 aliphatic rings. The molecule has 0 bridgehead atoms. The lowest BCUT2D eigenvalue weighted by Crippen LogP contribution is -2.25. The highest BCUT2D eigenvalue weighted by Crippen LogP contribution is 2.21. The van der Waals surface area contributed by atoms with Crippen LogP contribution in [0.25, 0.3) is 0 Å². The SMILES string of the molecule is CCN(CC)c1nc(N)nc(N)c1C. The summed E-state index contributed by atoms with van der Waals surface area (Å²) in [7, 11) is 0. The first-order chi connectivity index (χ1) is 6.60. The molecule has 4 N–H and O–H groups in total. The van der Waals surface area contributed by atoms with Crippen molar-refractivity contribution >= 4 is 17.6 Å². The molecule has 0 fully saturated rings. The molecule has 1 aromatic rings. The normalized spacial score (nSPS) is 10.2. The van der Waals surface area contributed by atoms with Crippen LogP contribution in [0.1, 0.15) is 19.4 Å². The Morgan fingerprint density at radius 1 is 1.14 bits per heavy atom. The highest BCUT2D eigenvalue weighted by atomic mass is 15.2. The molecule has 0 amide bonds. The quantitative estimate of drug-likeness (QED) is 0.745. The van der Waals surface area contributed by atoms with E-state index in [0.29, 0.717) is 5.82 Å². The summed E-state index contributed by atoms with van der Waals surface area (Å²) in [6, 6.07) is 0. The van der Waals surface area contributed by atoms with Crippen molar-refractivity contribution < 1.29 is 0 Å². The van der Waals surface area contributed by atoms with Gasteiger partial charge in [0.2, 0.25) is 5.95 Å². The van der Waals surface area contributed by atoms with Crippen molar-refractivity contribution in [1.29, 1.82) is 0 Å². The first-order valence-corrected chi connectivity index (χ1v) is 4.74. The first-order valence-electron chi connectivity index (χ1n) is 4.74. The standard InChI is InChI=1S/C9H17N5/c1-4-14(5-2)8-6(3)7(10)12-9(11)13-8/h4-5H2,1-3H3,(H4,10,11,12,13). The number of nitrogens with zero attached hydrogens (tertiary/aromatic N) is 3. The van der Waals surface area contributed by atoms with Crippen molar-refractivity contribution in [3.8, 4) is 0 Å². The molecule has 5 nitrogen and oxygen atoms in total. The summed E-state index contributed by atoms with van der Waals surface area (Å²) in [6.07, 6.45) is 0. The van der Waals surface area contributed by atoms with Gasteiger partial charge >= 0.3 is 0 Å². The van der Waals surface area contributed by atoms with Gasteiger partial charge in [0.05, 0.1) is 0 Å². The summed E-state index contributed by atoms with van der Waals surface area (Å²) in [5.41, 5.74) is 12.1. The molecule has 0 spiro atoms. The molecule has 0 atom stereocenters. The summed E-state index contributed by atoms with van der Waals surface area (Å²) in [4.78, 5) is 10.2. The first kappa shape index (κ1) is 10.6. The number of anilines is 3. The zero-order valence-electron chi connectivity index (χ0n) is 8.91. The summed E-state index contributed by atoms with van der Waals surface area (Å²) in [5.74, 6) is 1.52. The summed E-state index contributed by atoms with van der Waals surface area (Å²) in [5, 5.41) is 0. The average molecular weight is 195 g/mol. The van der Waals surface area contributed by atoms with Crippen molar-refractivity contribution in [3.63, 3.8) is 0 Å². The molecule has 1 rings (SSSR count). The third-order valence-electron chi connectivity index (χ3n) is 2.24. The Bertz CT molecular complexity index is 319. The third kappa shape index (κ3) is 1.86. The van der Waals surface area contributed by atoms with Crippen LogP contribution < -0.4 is 16.4 Å². The minimum atomic E-state index is 0.231. The molecule has 5 heteroatoms. The van der Waals surface area contributed by atoms with E-state index in [-0.39, 0.29) is 5.95 Å². The highest BCUT2D eigenvalue weighted by Gasteiger charge is 2.11. The lowest BCUT2D eigenvalue weighted by Gasteiger charge is -2.22. The monoisotopic (exact) mass is 195 g/mol. The summed E-state index contributed by atoms with van der Waals surface area (Å²) < 4.78 is 0. The van der Waals surface area contributed by atoms with Gasteiger partial charge in [-0.05, 0) is 20.8 Å². The minimum Gasteiger partial charge on any atom is -0.383 e. The Morgan fingerprint density at radius 3 is 2.21 bits per heavy atom. The zero-order valence-corrected chi connectivity index (χ0v) is 8.91. The molecule has 0 saturated heterocycles. The van der Waals surface area contributed by atoms with E-state index in [1.807, 2.05) is 6.92 Å². The van der Waals surface area contributed by atoms with Gasteiger partial charge in [0.25, 0.3) is 0 Å². The van der Waals surface area contributed by atoms with Crippen molar-refractivity contribution in [2.45, 2.75) is 20.8 Å². The van der Waals surface area contributed by atoms with E-state index in [1.165, 1.54) is 0 Å². The Kier molecular flexibility index (Phi) is 3.11. The number of rotatable bonds is 3. The molecular weight excluding hydrogens is 178 g/mol. The second-order valence-electron chi connectivity index (χ2n) is 3.09. The van der Waals surface area contributed by atoms with Gasteiger partial charge in [-0.25, -0.2) is 0 Å². The van der Waals surface area contributed by atoms with E-state index < -0.39 is 0 Å². The highest BCUT2D eigenvalue weighted by molar-refractivity contribution is 5.58. The summed E-state index contributed by atoms with van der Waals surface area (Å²) >= 11 is 0. The van der Waals surface area contributed by atoms with Crippen LogP contribution in [-0.2, 0) is 0 Å². The van der Waals surface area contributed by atoms with Crippen LogP contribution >= 0.6 is 0 Å². The minimum absolute atomic E-state index is 0.231. The van der Waals surface area contributed by atoms with Crippen LogP contribution in [-0.4, -0.2) is 23.1 Å². The van der Waals surface area contributed by atoms with Gasteiger partial charge in [0.15, 0.2) is 0 Å². The Hall–Kier alpha value is -1.52. The van der Waals surface area contributed by atoms with E-state index in [1.54, 1.807) is 0 Å². The van der Waals surface area contributed by atoms with Gasteiger partial charge in [0, 0.05) is 18.7 Å². The molecule has 0 unspecified atom stereocenters. The Labute approximate surface area is 84.1 Å². The molecular formula is C9H17N5. The molecule has 0 aliphatic heterocycles. The van der Waals surface area contributed by atoms with E-state index in [2.05, 4.69) is 28.7 Å². The molecule has 1 heterocycles. The van der Waals surface area contributed by atoms with Crippen LogP contribution in [0.3, 0.4) is 0 Å². The van der Waals surface area contributed by atoms with Gasteiger partial charge < -0.3 is 16.4 Å². The van der Waals surface area contributed by atoms with E-state index in [9.17, 15) is 0 Å². The van der Waals surface area contributed by atoms with Crippen molar-refractivity contribution in [3.05, 3.63) is 5.56 Å². The van der Waals surface area contributed by atoms with Gasteiger partial charge in [-0.1, -0.05) is 0 Å². The molecule has 14 heavy (non-hydrogen) atoms. The predicted octanol–water partition coefficient (Wildman–Crippen LogP) is 0.796. The maximum Gasteiger partial charge on any atom is 0.223 e. The third-order valence-corrected chi connectivity index (χ3v) is 2.24. The molecule has 0 radical (unpaired) electrons. The second-order valence-corrected chi connectivity index (χ2v) is 3.09. The maximum absolute atomic E-state index is 5.71. The summed E-state index contributed by atoms with van der Waals surface area (Å²) in [6.45, 7) is 7.80. The largest absolute Gasteiger partial charge is 0.383 e. The fourth-order valence-corrected chi connectivity index (χ4v) is 1.37. The van der Waals surface area contributed by atoms with Gasteiger partial charge in [-0.3, -0.25) is 0 Å². The second kappa shape index (κ2) is 4.13. The Balaban J connectivity index is 3.18. The molecule has 78 valence electrons. The van der Waals surface area contributed by atoms with E-state index in [4.69, 9.17) is 11.5 Å². The molecule has 0 aromatic carbocycles. The van der Waals surface area contributed by atoms with Gasteiger partial charge in [-0.15, -0.1) is 0 Å². The number of hydrogen-bond acceptors (Lipinski definition) is 5. The number of aromatic nitrogens is 2. The van der Waals surface area contributed by atoms with Crippen molar-refractivity contribution in [2.75, 3.05) is 29.5 Å². The predicted molar refractivity (Wildman–Crippen MR) is 59.2 cm³/mol. The number of hydrogen-bond donors (Lipinski definition) is 2. The number of nitrogen functional groups attached to an aromatic ring is 2. The van der Waals surface area contributed by atoms with Crippen LogP contribution in [0.2, 0.25) is 0 Å². The fraction of sp³-hybridized carbons (Fsp3) is 0.556.